The Morgan fingerprint density at radius 2 is 2.07 bits per heavy atom. The molecule has 1 amide bonds. The van der Waals surface area contributed by atoms with Crippen LogP contribution in [0.2, 0.25) is 0 Å². The van der Waals surface area contributed by atoms with Crippen molar-refractivity contribution < 1.29 is 4.79 Å². The highest BCUT2D eigenvalue weighted by molar-refractivity contribution is 8.00. The number of pyridine rings is 1. The van der Waals surface area contributed by atoms with E-state index in [2.05, 4.69) is 38.2 Å². The van der Waals surface area contributed by atoms with E-state index in [0.717, 1.165) is 59.3 Å². The van der Waals surface area contributed by atoms with Gasteiger partial charge in [-0.05, 0) is 61.1 Å². The lowest BCUT2D eigenvalue weighted by molar-refractivity contribution is -0.117. The van der Waals surface area contributed by atoms with Crippen molar-refractivity contribution in [3.8, 4) is 17.2 Å². The van der Waals surface area contributed by atoms with Gasteiger partial charge in [-0.2, -0.15) is 5.26 Å². The van der Waals surface area contributed by atoms with Gasteiger partial charge in [-0.25, -0.2) is 4.98 Å². The van der Waals surface area contributed by atoms with Crippen LogP contribution < -0.4 is 10.0 Å². The van der Waals surface area contributed by atoms with Crippen molar-refractivity contribution in [1.29, 1.82) is 5.26 Å². The topological polar surface area (TPSA) is 93.6 Å². The highest BCUT2D eigenvalue weighted by atomic mass is 32.2. The fraction of sp³-hybridized carbons (Fsp3) is 0.318. The average Bonchev–Trinajstić information content (AvgIpc) is 3.66. The van der Waals surface area contributed by atoms with Gasteiger partial charge in [0.05, 0.1) is 11.5 Å². The molecule has 0 radical (unpaired) electrons. The van der Waals surface area contributed by atoms with Crippen molar-refractivity contribution in [2.45, 2.75) is 25.7 Å². The van der Waals surface area contributed by atoms with Crippen LogP contribution in [-0.2, 0) is 4.79 Å². The van der Waals surface area contributed by atoms with Gasteiger partial charge < -0.3 is 15.0 Å². The Morgan fingerprint density at radius 3 is 2.76 bits per heavy atom. The van der Waals surface area contributed by atoms with Crippen molar-refractivity contribution in [3.05, 3.63) is 42.6 Å². The minimum Gasteiger partial charge on any atom is -0.346 e. The van der Waals surface area contributed by atoms with Crippen molar-refractivity contribution >= 4 is 40.4 Å². The predicted molar refractivity (Wildman–Crippen MR) is 116 cm³/mol. The minimum atomic E-state index is -0.115. The molecule has 2 aliphatic carbocycles. The maximum absolute atomic E-state index is 12.1. The quantitative estimate of drug-likeness (QED) is 0.486. The third kappa shape index (κ3) is 3.81. The molecular weight excluding hydrogens is 382 g/mol. The number of hydrogen-bond acceptors (Lipinski definition) is 5. The summed E-state index contributed by atoms with van der Waals surface area (Å²) in [7, 11) is 0. The molecule has 2 aromatic heterocycles. The van der Waals surface area contributed by atoms with Crippen LogP contribution in [0.5, 0.6) is 0 Å². The molecule has 0 spiro atoms. The number of carbonyl (C=O) groups is 1. The Bertz CT molecular complexity index is 1110. The standard InChI is InChI=1S/C22H21N5OS/c23-12-22(8-9-22)13-29-27-16-5-3-14(4-6-16)18-11-19(26-21(28)15-1-2-15)25-20-17(18)7-10-24-20/h3-7,10-11,15,27H,1-2,8-9,13H2,(H2,24,25,26,28). The fourth-order valence-electron chi connectivity index (χ4n) is 3.33. The lowest BCUT2D eigenvalue weighted by Gasteiger charge is -2.11. The van der Waals surface area contributed by atoms with E-state index >= 15 is 0 Å². The summed E-state index contributed by atoms with van der Waals surface area (Å²) in [5, 5.41) is 13.1. The monoisotopic (exact) mass is 403 g/mol. The number of anilines is 2. The van der Waals surface area contributed by atoms with Crippen LogP contribution in [0.25, 0.3) is 22.2 Å². The molecule has 0 unspecified atom stereocenters. The smallest absolute Gasteiger partial charge is 0.228 e. The lowest BCUT2D eigenvalue weighted by Crippen LogP contribution is -2.14. The zero-order valence-electron chi connectivity index (χ0n) is 15.9. The summed E-state index contributed by atoms with van der Waals surface area (Å²) < 4.78 is 3.33. The maximum Gasteiger partial charge on any atom is 0.228 e. The molecule has 0 aliphatic heterocycles. The van der Waals surface area contributed by atoms with Gasteiger partial charge in [-0.15, -0.1) is 0 Å². The van der Waals surface area contributed by atoms with E-state index in [0.29, 0.717) is 5.82 Å². The van der Waals surface area contributed by atoms with Crippen LogP contribution in [0.1, 0.15) is 25.7 Å². The van der Waals surface area contributed by atoms with Gasteiger partial charge in [0.15, 0.2) is 0 Å². The van der Waals surface area contributed by atoms with Crippen LogP contribution in [0.15, 0.2) is 42.6 Å². The second kappa shape index (κ2) is 7.12. The number of hydrogen-bond donors (Lipinski definition) is 3. The highest BCUT2D eigenvalue weighted by Crippen LogP contribution is 2.47. The van der Waals surface area contributed by atoms with E-state index in [1.165, 1.54) is 0 Å². The Hall–Kier alpha value is -2.98. The number of fused-ring (bicyclic) bond motifs is 1. The molecule has 2 heterocycles. The molecule has 2 fully saturated rings. The van der Waals surface area contributed by atoms with E-state index < -0.39 is 0 Å². The largest absolute Gasteiger partial charge is 0.346 e. The molecule has 0 saturated heterocycles. The number of aromatic nitrogens is 2. The van der Waals surface area contributed by atoms with Crippen molar-refractivity contribution in [2.24, 2.45) is 11.3 Å². The summed E-state index contributed by atoms with van der Waals surface area (Å²) >= 11 is 1.59. The molecule has 5 rings (SSSR count). The first kappa shape index (κ1) is 18.1. The maximum atomic E-state index is 12.1. The lowest BCUT2D eigenvalue weighted by atomic mass is 10.0. The molecule has 0 bridgehead atoms. The molecule has 2 saturated carbocycles. The van der Waals surface area contributed by atoms with Crippen molar-refractivity contribution in [3.63, 3.8) is 0 Å². The number of nitrogens with zero attached hydrogens (tertiary/aromatic N) is 2. The molecular formula is C22H21N5OS. The zero-order valence-corrected chi connectivity index (χ0v) is 16.7. The van der Waals surface area contributed by atoms with Gasteiger partial charge >= 0.3 is 0 Å². The Labute approximate surface area is 173 Å². The number of aromatic amines is 1. The number of nitriles is 1. The van der Waals surface area contributed by atoms with E-state index in [1.807, 2.05) is 30.5 Å². The molecule has 0 atom stereocenters. The van der Waals surface area contributed by atoms with E-state index in [4.69, 9.17) is 0 Å². The molecule has 29 heavy (non-hydrogen) atoms. The van der Waals surface area contributed by atoms with Crippen LogP contribution in [0.4, 0.5) is 11.5 Å². The number of carbonyl (C=O) groups excluding carboxylic acids is 1. The number of H-pyrrole nitrogens is 1. The van der Waals surface area contributed by atoms with E-state index in [9.17, 15) is 10.1 Å². The summed E-state index contributed by atoms with van der Waals surface area (Å²) in [5.74, 6) is 1.58. The van der Waals surface area contributed by atoms with E-state index in [1.54, 1.807) is 11.9 Å². The first-order valence-corrected chi connectivity index (χ1v) is 10.8. The number of rotatable bonds is 7. The number of amides is 1. The molecule has 3 N–H and O–H groups in total. The van der Waals surface area contributed by atoms with Gasteiger partial charge in [-0.1, -0.05) is 24.1 Å². The van der Waals surface area contributed by atoms with Gasteiger partial charge in [0.2, 0.25) is 5.91 Å². The van der Waals surface area contributed by atoms with Gasteiger partial charge in [-0.3, -0.25) is 4.79 Å². The SMILES string of the molecule is N#CC1(CSNc2ccc(-c3cc(NC(=O)C4CC4)nc4[nH]ccc34)cc2)CC1. The molecule has 146 valence electrons. The number of benzene rings is 1. The van der Waals surface area contributed by atoms with Crippen LogP contribution >= 0.6 is 11.9 Å². The summed E-state index contributed by atoms with van der Waals surface area (Å²) in [6, 6.07) is 14.6. The second-order valence-electron chi connectivity index (χ2n) is 7.92. The second-order valence-corrected chi connectivity index (χ2v) is 8.70. The minimum absolute atomic E-state index is 0.0525. The highest BCUT2D eigenvalue weighted by Gasteiger charge is 2.43. The summed E-state index contributed by atoms with van der Waals surface area (Å²) in [4.78, 5) is 19.8. The predicted octanol–water partition coefficient (Wildman–Crippen LogP) is 4.94. The molecule has 6 nitrogen and oxygen atoms in total. The third-order valence-corrected chi connectivity index (χ3v) is 6.63. The Balaban J connectivity index is 1.34. The van der Waals surface area contributed by atoms with Gasteiger partial charge in [0.1, 0.15) is 11.5 Å². The van der Waals surface area contributed by atoms with Gasteiger partial charge in [0, 0.05) is 28.9 Å². The first-order valence-electron chi connectivity index (χ1n) is 9.84. The normalized spacial score (nSPS) is 16.9. The van der Waals surface area contributed by atoms with Crippen LogP contribution in [-0.4, -0.2) is 21.6 Å². The molecule has 3 aromatic rings. The average molecular weight is 404 g/mol. The van der Waals surface area contributed by atoms with Crippen LogP contribution in [0.3, 0.4) is 0 Å². The third-order valence-electron chi connectivity index (χ3n) is 5.55. The summed E-state index contributed by atoms with van der Waals surface area (Å²) in [6.07, 6.45) is 5.80. The molecule has 2 aliphatic rings. The zero-order chi connectivity index (χ0) is 19.8. The Morgan fingerprint density at radius 1 is 1.28 bits per heavy atom. The number of nitrogens with one attached hydrogen (secondary N) is 3. The van der Waals surface area contributed by atoms with Crippen LogP contribution in [0, 0.1) is 22.7 Å². The first-order chi connectivity index (χ1) is 14.2. The summed E-state index contributed by atoms with van der Waals surface area (Å²) in [5.41, 5.74) is 3.75. The van der Waals surface area contributed by atoms with Crippen molar-refractivity contribution in [1.82, 2.24) is 9.97 Å². The van der Waals surface area contributed by atoms with Gasteiger partial charge in [0.25, 0.3) is 0 Å². The summed E-state index contributed by atoms with van der Waals surface area (Å²) in [6.45, 7) is 0. The Kier molecular flexibility index (Phi) is 4.44. The molecule has 7 heteroatoms. The van der Waals surface area contributed by atoms with E-state index in [-0.39, 0.29) is 17.2 Å². The molecule has 1 aromatic carbocycles. The van der Waals surface area contributed by atoms with Crippen molar-refractivity contribution in [2.75, 3.05) is 15.8 Å². The fourth-order valence-corrected chi connectivity index (χ4v) is 4.33.